The van der Waals surface area contributed by atoms with E-state index in [0.29, 0.717) is 9.90 Å². The number of thiophene rings is 1. The van der Waals surface area contributed by atoms with E-state index in [1.165, 1.54) is 12.1 Å². The van der Waals surface area contributed by atoms with Crippen LogP contribution in [0, 0.1) is 13.8 Å². The molecule has 1 amide bonds. The number of aromatic carboxylic acids is 1. The number of amides is 1. The molecule has 0 aliphatic heterocycles. The van der Waals surface area contributed by atoms with Crippen LogP contribution in [0.3, 0.4) is 0 Å². The molecule has 21 heavy (non-hydrogen) atoms. The van der Waals surface area contributed by atoms with E-state index in [1.807, 2.05) is 0 Å². The summed E-state index contributed by atoms with van der Waals surface area (Å²) in [6, 6.07) is 4.76. The smallest absolute Gasteiger partial charge is 0.337 e. The Hall–Kier alpha value is -1.56. The molecule has 2 N–H and O–H groups in total. The van der Waals surface area contributed by atoms with Crippen LogP contribution in [0.15, 0.2) is 18.2 Å². The quantitative estimate of drug-likeness (QED) is 0.854. The summed E-state index contributed by atoms with van der Waals surface area (Å²) in [6.45, 7) is 3.53. The summed E-state index contributed by atoms with van der Waals surface area (Å²) in [5.41, 5.74) is 2.00. The van der Waals surface area contributed by atoms with Gasteiger partial charge in [0.15, 0.2) is 0 Å². The third-order valence-corrected chi connectivity index (χ3v) is 4.34. The van der Waals surface area contributed by atoms with Gasteiger partial charge in [-0.15, -0.1) is 11.3 Å². The molecule has 0 bridgehead atoms. The molecule has 4 nitrogen and oxygen atoms in total. The predicted molar refractivity (Wildman–Crippen MR) is 85.2 cm³/mol. The molecule has 0 fully saturated rings. The van der Waals surface area contributed by atoms with Gasteiger partial charge in [-0.05, 0) is 37.1 Å². The predicted octanol–water partition coefficient (Wildman–Crippen LogP) is 4.62. The van der Waals surface area contributed by atoms with Gasteiger partial charge in [-0.2, -0.15) is 0 Å². The Bertz CT molecular complexity index is 740. The normalized spacial score (nSPS) is 10.5. The van der Waals surface area contributed by atoms with Gasteiger partial charge in [-0.1, -0.05) is 29.3 Å². The lowest BCUT2D eigenvalue weighted by atomic mass is 10.0. The minimum Gasteiger partial charge on any atom is -0.478 e. The third kappa shape index (κ3) is 3.37. The molecule has 0 saturated heterocycles. The lowest BCUT2D eigenvalue weighted by Crippen LogP contribution is -2.16. The molecule has 2 rings (SSSR count). The van der Waals surface area contributed by atoms with Crippen LogP contribution in [-0.4, -0.2) is 17.0 Å². The Balaban J connectivity index is 2.42. The van der Waals surface area contributed by atoms with Crippen LogP contribution in [0.1, 0.15) is 31.8 Å². The summed E-state index contributed by atoms with van der Waals surface area (Å²) in [5, 5.41) is 11.9. The number of anilines is 1. The minimum atomic E-state index is -1.11. The highest BCUT2D eigenvalue weighted by Gasteiger charge is 2.19. The second kappa shape index (κ2) is 6.05. The molecular formula is C14H11Cl2NO3S. The highest BCUT2D eigenvalue weighted by Crippen LogP contribution is 2.32. The van der Waals surface area contributed by atoms with E-state index >= 15 is 0 Å². The molecule has 0 unspecified atom stereocenters. The van der Waals surface area contributed by atoms with Gasteiger partial charge >= 0.3 is 5.97 Å². The van der Waals surface area contributed by atoms with E-state index in [-0.39, 0.29) is 21.2 Å². The van der Waals surface area contributed by atoms with Crippen LogP contribution >= 0.6 is 34.5 Å². The van der Waals surface area contributed by atoms with Crippen molar-refractivity contribution in [2.75, 3.05) is 5.32 Å². The fourth-order valence-corrected chi connectivity index (χ4v) is 3.44. The third-order valence-electron chi connectivity index (χ3n) is 2.85. The van der Waals surface area contributed by atoms with Gasteiger partial charge < -0.3 is 10.4 Å². The van der Waals surface area contributed by atoms with Crippen molar-refractivity contribution in [3.63, 3.8) is 0 Å². The zero-order chi connectivity index (χ0) is 15.7. The van der Waals surface area contributed by atoms with Crippen LogP contribution in [-0.2, 0) is 0 Å². The van der Waals surface area contributed by atoms with Crippen LogP contribution < -0.4 is 5.32 Å². The first-order valence-electron chi connectivity index (χ1n) is 5.90. The molecule has 1 aromatic heterocycles. The summed E-state index contributed by atoms with van der Waals surface area (Å²) in [7, 11) is 0. The molecule has 0 saturated carbocycles. The van der Waals surface area contributed by atoms with Crippen molar-refractivity contribution in [3.8, 4) is 0 Å². The number of aryl methyl sites for hydroxylation is 2. The standard InChI is InChI=1S/C14H11Cl2NO3S/c1-6-3-7(2)11(8(4-6)14(19)20)17-13(18)9-5-10(15)21-12(9)16/h3-5H,1-2H3,(H,17,18)(H,19,20). The molecule has 2 aromatic rings. The van der Waals surface area contributed by atoms with Crippen molar-refractivity contribution in [1.29, 1.82) is 0 Å². The summed E-state index contributed by atoms with van der Waals surface area (Å²) in [6.07, 6.45) is 0. The van der Waals surface area contributed by atoms with Crippen LogP contribution in [0.5, 0.6) is 0 Å². The fraction of sp³-hybridized carbons (Fsp3) is 0.143. The number of hydrogen-bond donors (Lipinski definition) is 2. The number of benzene rings is 1. The molecule has 0 aliphatic rings. The average Bonchev–Trinajstić information content (AvgIpc) is 2.71. The molecule has 0 radical (unpaired) electrons. The molecule has 0 atom stereocenters. The molecule has 7 heteroatoms. The van der Waals surface area contributed by atoms with Gasteiger partial charge in [0, 0.05) is 0 Å². The van der Waals surface area contributed by atoms with E-state index in [2.05, 4.69) is 5.32 Å². The molecule has 0 spiro atoms. The number of halogens is 2. The van der Waals surface area contributed by atoms with Gasteiger partial charge in [-0.25, -0.2) is 4.79 Å². The maximum atomic E-state index is 12.2. The number of carbonyl (C=O) groups excluding carboxylic acids is 1. The van der Waals surface area contributed by atoms with E-state index in [4.69, 9.17) is 23.2 Å². The number of carbonyl (C=O) groups is 2. The van der Waals surface area contributed by atoms with Gasteiger partial charge in [0.1, 0.15) is 4.34 Å². The van der Waals surface area contributed by atoms with Crippen molar-refractivity contribution < 1.29 is 14.7 Å². The first kappa shape index (κ1) is 15.8. The van der Waals surface area contributed by atoms with E-state index < -0.39 is 11.9 Å². The maximum Gasteiger partial charge on any atom is 0.337 e. The van der Waals surface area contributed by atoms with Gasteiger partial charge in [0.25, 0.3) is 5.91 Å². The maximum absolute atomic E-state index is 12.2. The van der Waals surface area contributed by atoms with Crippen molar-refractivity contribution >= 4 is 52.1 Å². The van der Waals surface area contributed by atoms with Gasteiger partial charge in [-0.3, -0.25) is 4.79 Å². The van der Waals surface area contributed by atoms with E-state index in [0.717, 1.165) is 16.9 Å². The molecular weight excluding hydrogens is 333 g/mol. The molecule has 0 aliphatic carbocycles. The highest BCUT2D eigenvalue weighted by molar-refractivity contribution is 7.20. The van der Waals surface area contributed by atoms with Crippen LogP contribution in [0.4, 0.5) is 5.69 Å². The first-order chi connectivity index (χ1) is 9.79. The van der Waals surface area contributed by atoms with Crippen molar-refractivity contribution in [2.24, 2.45) is 0 Å². The molecule has 1 aromatic carbocycles. The van der Waals surface area contributed by atoms with E-state index in [1.54, 1.807) is 19.9 Å². The van der Waals surface area contributed by atoms with E-state index in [9.17, 15) is 14.7 Å². The number of carboxylic acid groups (broad SMARTS) is 1. The summed E-state index contributed by atoms with van der Waals surface area (Å²) >= 11 is 12.8. The average molecular weight is 344 g/mol. The Morgan fingerprint density at radius 2 is 1.81 bits per heavy atom. The van der Waals surface area contributed by atoms with Crippen molar-refractivity contribution in [2.45, 2.75) is 13.8 Å². The fourth-order valence-electron chi connectivity index (χ4n) is 1.98. The minimum absolute atomic E-state index is 0.0401. The Morgan fingerprint density at radius 1 is 1.14 bits per heavy atom. The second-order valence-corrected chi connectivity index (χ2v) is 6.79. The number of carboxylic acids is 1. The van der Waals surface area contributed by atoms with Crippen molar-refractivity contribution in [1.82, 2.24) is 0 Å². The summed E-state index contributed by atoms with van der Waals surface area (Å²) < 4.78 is 0.656. The number of rotatable bonds is 3. The number of nitrogens with one attached hydrogen (secondary N) is 1. The van der Waals surface area contributed by atoms with Crippen molar-refractivity contribution in [3.05, 3.63) is 49.1 Å². The monoisotopic (exact) mass is 343 g/mol. The largest absolute Gasteiger partial charge is 0.478 e. The second-order valence-electron chi connectivity index (χ2n) is 4.50. The topological polar surface area (TPSA) is 66.4 Å². The Labute approximate surface area is 135 Å². The summed E-state index contributed by atoms with van der Waals surface area (Å²) in [5.74, 6) is -1.59. The molecule has 1 heterocycles. The molecule has 110 valence electrons. The zero-order valence-electron chi connectivity index (χ0n) is 11.2. The highest BCUT2D eigenvalue weighted by atomic mass is 35.5. The van der Waals surface area contributed by atoms with Crippen LogP contribution in [0.25, 0.3) is 0 Å². The lowest BCUT2D eigenvalue weighted by molar-refractivity contribution is 0.0698. The Morgan fingerprint density at radius 3 is 2.33 bits per heavy atom. The van der Waals surface area contributed by atoms with Crippen LogP contribution in [0.2, 0.25) is 8.67 Å². The lowest BCUT2D eigenvalue weighted by Gasteiger charge is -2.12. The zero-order valence-corrected chi connectivity index (χ0v) is 13.5. The van der Waals surface area contributed by atoms with Gasteiger partial charge in [0.05, 0.1) is 21.2 Å². The summed E-state index contributed by atoms with van der Waals surface area (Å²) in [4.78, 5) is 23.5. The van der Waals surface area contributed by atoms with Gasteiger partial charge in [0.2, 0.25) is 0 Å². The number of hydrogen-bond acceptors (Lipinski definition) is 3. The first-order valence-corrected chi connectivity index (χ1v) is 7.47. The Kier molecular flexibility index (Phi) is 4.56. The SMILES string of the molecule is Cc1cc(C)c(NC(=O)c2cc(Cl)sc2Cl)c(C(=O)O)c1.